The predicted molar refractivity (Wildman–Crippen MR) is 127 cm³/mol. The van der Waals surface area contributed by atoms with Crippen molar-refractivity contribution >= 4 is 10.9 Å². The summed E-state index contributed by atoms with van der Waals surface area (Å²) in [5.41, 5.74) is 1.95. The first-order valence-corrected chi connectivity index (χ1v) is 11.5. The molecular weight excluding hydrogens is 405 g/mol. The van der Waals surface area contributed by atoms with Gasteiger partial charge in [0.15, 0.2) is 11.6 Å². The van der Waals surface area contributed by atoms with Crippen LogP contribution in [0.15, 0.2) is 41.2 Å². The minimum Gasteiger partial charge on any atom is -0.505 e. The van der Waals surface area contributed by atoms with Crippen LogP contribution in [-0.2, 0) is 6.54 Å². The number of hydrogen-bond acceptors (Lipinski definition) is 4. The average molecular weight is 438 g/mol. The Hall–Kier alpha value is -2.73. The molecule has 0 saturated carbocycles. The van der Waals surface area contributed by atoms with Gasteiger partial charge in [0.05, 0.1) is 10.9 Å². The molecule has 170 valence electrons. The van der Waals surface area contributed by atoms with E-state index in [-0.39, 0.29) is 17.2 Å². The van der Waals surface area contributed by atoms with Crippen LogP contribution in [0, 0.1) is 11.7 Å². The number of benzene rings is 2. The van der Waals surface area contributed by atoms with Crippen LogP contribution in [0.4, 0.5) is 4.39 Å². The van der Waals surface area contributed by atoms with E-state index in [1.165, 1.54) is 12.1 Å². The molecule has 4 rings (SSSR count). The Kier molecular flexibility index (Phi) is 6.33. The van der Waals surface area contributed by atoms with E-state index in [0.29, 0.717) is 35.0 Å². The van der Waals surface area contributed by atoms with E-state index in [9.17, 15) is 14.3 Å². The topological polar surface area (TPSA) is 58.4 Å². The first kappa shape index (κ1) is 22.5. The fraction of sp³-hybridized carbons (Fsp3) is 0.462. The zero-order valence-electron chi connectivity index (χ0n) is 19.3. The molecule has 0 radical (unpaired) electrons. The Morgan fingerprint density at radius 1 is 1.12 bits per heavy atom. The Balaban J connectivity index is 1.77. The third-order valence-corrected chi connectivity index (χ3v) is 6.50. The monoisotopic (exact) mass is 437 g/mol. The molecule has 3 aromatic rings. The van der Waals surface area contributed by atoms with E-state index in [2.05, 4.69) is 32.6 Å². The van der Waals surface area contributed by atoms with Crippen LogP contribution in [0.2, 0.25) is 0 Å². The van der Waals surface area contributed by atoms with Crippen LogP contribution in [-0.4, -0.2) is 38.7 Å². The van der Waals surface area contributed by atoms with Gasteiger partial charge >= 0.3 is 0 Å². The van der Waals surface area contributed by atoms with Gasteiger partial charge in [-0.25, -0.2) is 9.37 Å². The van der Waals surface area contributed by atoms with E-state index in [1.807, 2.05) is 16.7 Å². The van der Waals surface area contributed by atoms with Gasteiger partial charge < -0.3 is 10.0 Å². The molecule has 1 fully saturated rings. The number of piperidine rings is 1. The summed E-state index contributed by atoms with van der Waals surface area (Å²) in [6.45, 7) is 11.3. The van der Waals surface area contributed by atoms with Crippen LogP contribution in [0.25, 0.3) is 22.0 Å². The highest BCUT2D eigenvalue weighted by molar-refractivity contribution is 5.84. The second-order valence-corrected chi connectivity index (χ2v) is 9.54. The normalized spacial score (nSPS) is 17.5. The number of aromatic hydroxyl groups is 1. The molecular formula is C26H32FN3O2. The molecule has 2 heterocycles. The van der Waals surface area contributed by atoms with E-state index in [0.717, 1.165) is 37.3 Å². The Labute approximate surface area is 188 Å². The van der Waals surface area contributed by atoms with E-state index in [1.54, 1.807) is 12.1 Å². The molecule has 0 amide bonds. The summed E-state index contributed by atoms with van der Waals surface area (Å²) in [6, 6.07) is 10.2. The van der Waals surface area contributed by atoms with Crippen LogP contribution in [0.5, 0.6) is 5.75 Å². The van der Waals surface area contributed by atoms with Gasteiger partial charge in [0.25, 0.3) is 5.56 Å². The zero-order valence-corrected chi connectivity index (χ0v) is 19.3. The number of rotatable bonds is 5. The van der Waals surface area contributed by atoms with Gasteiger partial charge in [-0.05, 0) is 74.5 Å². The highest BCUT2D eigenvalue weighted by Crippen LogP contribution is 2.28. The Morgan fingerprint density at radius 2 is 1.84 bits per heavy atom. The van der Waals surface area contributed by atoms with Crippen molar-refractivity contribution in [3.63, 3.8) is 0 Å². The van der Waals surface area contributed by atoms with E-state index >= 15 is 0 Å². The fourth-order valence-electron chi connectivity index (χ4n) is 4.69. The maximum Gasteiger partial charge on any atom is 0.261 e. The third-order valence-electron chi connectivity index (χ3n) is 6.50. The number of phenolic OH excluding ortho intramolecular Hbond substituents is 1. The molecule has 1 N–H and O–H groups in total. The quantitative estimate of drug-likeness (QED) is 0.600. The molecule has 1 aliphatic heterocycles. The smallest absolute Gasteiger partial charge is 0.261 e. The highest BCUT2D eigenvalue weighted by atomic mass is 19.1. The minimum absolute atomic E-state index is 0.0403. The molecule has 0 unspecified atom stereocenters. The summed E-state index contributed by atoms with van der Waals surface area (Å²) in [6.07, 6.45) is 2.25. The summed E-state index contributed by atoms with van der Waals surface area (Å²) in [4.78, 5) is 21.0. The Morgan fingerprint density at radius 3 is 2.53 bits per heavy atom. The summed E-state index contributed by atoms with van der Waals surface area (Å²) >= 11 is 0. The molecule has 0 aliphatic carbocycles. The standard InChI is InChI=1S/C26H32FN3O2/c1-16(2)25-28-23-9-7-19(20-8-10-24(31)22(27)13-20)12-21(23)26(32)30(25)15-18-6-5-11-29(14-18)17(3)4/h7-10,12-13,16-18,31H,5-6,11,14-15H2,1-4H3/t18-/m0/s1. The molecule has 0 bridgehead atoms. The molecule has 1 atom stereocenters. The van der Waals surface area contributed by atoms with Crippen molar-refractivity contribution in [2.24, 2.45) is 5.92 Å². The molecule has 1 saturated heterocycles. The van der Waals surface area contributed by atoms with Crippen molar-refractivity contribution in [2.75, 3.05) is 13.1 Å². The number of nitrogens with zero attached hydrogens (tertiary/aromatic N) is 3. The largest absolute Gasteiger partial charge is 0.505 e. The maximum atomic E-state index is 13.9. The van der Waals surface area contributed by atoms with Crippen LogP contribution < -0.4 is 5.56 Å². The molecule has 0 spiro atoms. The van der Waals surface area contributed by atoms with Crippen molar-refractivity contribution in [2.45, 2.75) is 59.0 Å². The van der Waals surface area contributed by atoms with Gasteiger partial charge in [0.1, 0.15) is 5.82 Å². The number of likely N-dealkylation sites (tertiary alicyclic amines) is 1. The SMILES string of the molecule is CC(C)c1nc2ccc(-c3ccc(O)c(F)c3)cc2c(=O)n1C[C@H]1CCCN(C(C)C)C1. The second kappa shape index (κ2) is 9.02. The van der Waals surface area contributed by atoms with Gasteiger partial charge in [-0.15, -0.1) is 0 Å². The molecule has 2 aromatic carbocycles. The lowest BCUT2D eigenvalue weighted by Gasteiger charge is -2.36. The molecule has 1 aliphatic rings. The van der Waals surface area contributed by atoms with Crippen molar-refractivity contribution < 1.29 is 9.50 Å². The van der Waals surface area contributed by atoms with Crippen molar-refractivity contribution in [3.8, 4) is 16.9 Å². The van der Waals surface area contributed by atoms with Gasteiger partial charge in [-0.3, -0.25) is 9.36 Å². The number of aromatic nitrogens is 2. The molecule has 32 heavy (non-hydrogen) atoms. The lowest BCUT2D eigenvalue weighted by atomic mass is 9.96. The first-order chi connectivity index (χ1) is 15.2. The summed E-state index contributed by atoms with van der Waals surface area (Å²) in [5.74, 6) is 0.286. The number of hydrogen-bond donors (Lipinski definition) is 1. The third kappa shape index (κ3) is 4.42. The number of halogens is 1. The van der Waals surface area contributed by atoms with Crippen LogP contribution in [0.3, 0.4) is 0 Å². The van der Waals surface area contributed by atoms with Gasteiger partial charge in [0, 0.05) is 25.0 Å². The molecule has 6 heteroatoms. The minimum atomic E-state index is -0.680. The lowest BCUT2D eigenvalue weighted by Crippen LogP contribution is -2.42. The Bertz CT molecular complexity index is 1190. The lowest BCUT2D eigenvalue weighted by molar-refractivity contribution is 0.129. The van der Waals surface area contributed by atoms with E-state index < -0.39 is 5.82 Å². The number of fused-ring (bicyclic) bond motifs is 1. The molecule has 1 aromatic heterocycles. The van der Waals surface area contributed by atoms with Crippen molar-refractivity contribution in [1.82, 2.24) is 14.5 Å². The first-order valence-electron chi connectivity index (χ1n) is 11.5. The van der Waals surface area contributed by atoms with Crippen molar-refractivity contribution in [3.05, 3.63) is 58.4 Å². The number of phenols is 1. The van der Waals surface area contributed by atoms with E-state index in [4.69, 9.17) is 4.98 Å². The van der Waals surface area contributed by atoms with Crippen LogP contribution >= 0.6 is 0 Å². The molecule has 5 nitrogen and oxygen atoms in total. The predicted octanol–water partition coefficient (Wildman–Crippen LogP) is 5.15. The van der Waals surface area contributed by atoms with Gasteiger partial charge in [-0.1, -0.05) is 26.0 Å². The van der Waals surface area contributed by atoms with Crippen LogP contribution in [0.1, 0.15) is 52.3 Å². The average Bonchev–Trinajstić information content (AvgIpc) is 2.77. The fourth-order valence-corrected chi connectivity index (χ4v) is 4.69. The van der Waals surface area contributed by atoms with Crippen molar-refractivity contribution in [1.29, 1.82) is 0 Å². The summed E-state index contributed by atoms with van der Waals surface area (Å²) < 4.78 is 15.7. The second-order valence-electron chi connectivity index (χ2n) is 9.54. The zero-order chi connectivity index (χ0) is 23.0. The maximum absolute atomic E-state index is 13.9. The van der Waals surface area contributed by atoms with Gasteiger partial charge in [-0.2, -0.15) is 0 Å². The summed E-state index contributed by atoms with van der Waals surface area (Å²) in [5, 5.41) is 10.0. The highest BCUT2D eigenvalue weighted by Gasteiger charge is 2.24. The summed E-state index contributed by atoms with van der Waals surface area (Å²) in [7, 11) is 0. The van der Waals surface area contributed by atoms with Gasteiger partial charge in [0.2, 0.25) is 0 Å².